The van der Waals surface area contributed by atoms with Crippen molar-refractivity contribution in [3.8, 4) is 11.5 Å². The van der Waals surface area contributed by atoms with Crippen molar-refractivity contribution in [1.29, 1.82) is 0 Å². The molecule has 0 spiro atoms. The lowest BCUT2D eigenvalue weighted by molar-refractivity contribution is 0.122. The Balaban J connectivity index is 1.38. The maximum absolute atomic E-state index is 6.03. The molecule has 1 heterocycles. The summed E-state index contributed by atoms with van der Waals surface area (Å²) in [7, 11) is 1.67. The molecule has 1 aliphatic rings. The molecule has 6 heteroatoms. The van der Waals surface area contributed by atoms with Gasteiger partial charge in [0.2, 0.25) is 0 Å². The van der Waals surface area contributed by atoms with Crippen LogP contribution in [0.4, 0.5) is 11.4 Å². The van der Waals surface area contributed by atoms with E-state index in [9.17, 15) is 0 Å². The van der Waals surface area contributed by atoms with Crippen LogP contribution in [0.3, 0.4) is 0 Å². The number of ether oxygens (including phenoxy) is 3. The summed E-state index contributed by atoms with van der Waals surface area (Å²) in [5.74, 6) is 1.43. The topological polar surface area (TPSA) is 43.0 Å². The zero-order valence-corrected chi connectivity index (χ0v) is 19.2. The summed E-state index contributed by atoms with van der Waals surface area (Å²) < 4.78 is 17.9. The fourth-order valence-electron chi connectivity index (χ4n) is 3.56. The van der Waals surface area contributed by atoms with E-state index < -0.39 is 0 Å². The lowest BCUT2D eigenvalue weighted by Crippen LogP contribution is -2.36. The number of hydrogen-bond acceptors (Lipinski definition) is 5. The Kier molecular flexibility index (Phi) is 7.33. The van der Waals surface area contributed by atoms with Crippen molar-refractivity contribution in [2.45, 2.75) is 13.2 Å². The maximum Gasteiger partial charge on any atom is 0.175 e. The van der Waals surface area contributed by atoms with Crippen molar-refractivity contribution in [3.63, 3.8) is 0 Å². The first-order chi connectivity index (χ1) is 15.2. The van der Waals surface area contributed by atoms with E-state index in [-0.39, 0.29) is 0 Å². The monoisotopic (exact) mass is 482 g/mol. The smallest absolute Gasteiger partial charge is 0.175 e. The second-order valence-electron chi connectivity index (χ2n) is 7.38. The molecule has 0 aliphatic carbocycles. The predicted molar refractivity (Wildman–Crippen MR) is 128 cm³/mol. The van der Waals surface area contributed by atoms with Gasteiger partial charge in [0, 0.05) is 31.0 Å². The molecule has 0 bridgehead atoms. The van der Waals surface area contributed by atoms with Crippen LogP contribution < -0.4 is 19.7 Å². The molecule has 5 nitrogen and oxygen atoms in total. The van der Waals surface area contributed by atoms with Gasteiger partial charge in [-0.2, -0.15) is 0 Å². The van der Waals surface area contributed by atoms with Crippen molar-refractivity contribution in [3.05, 3.63) is 82.3 Å². The highest BCUT2D eigenvalue weighted by atomic mass is 79.9. The van der Waals surface area contributed by atoms with Crippen LogP contribution in [0.2, 0.25) is 0 Å². The summed E-state index contributed by atoms with van der Waals surface area (Å²) in [5, 5.41) is 3.49. The second kappa shape index (κ2) is 10.6. The van der Waals surface area contributed by atoms with E-state index in [2.05, 4.69) is 56.5 Å². The van der Waals surface area contributed by atoms with Crippen molar-refractivity contribution in [2.24, 2.45) is 0 Å². The van der Waals surface area contributed by atoms with Crippen LogP contribution in [-0.4, -0.2) is 33.4 Å². The number of rotatable bonds is 8. The fourth-order valence-corrected chi connectivity index (χ4v) is 4.16. The maximum atomic E-state index is 6.03. The number of benzene rings is 3. The van der Waals surface area contributed by atoms with Gasteiger partial charge in [-0.3, -0.25) is 0 Å². The van der Waals surface area contributed by atoms with Crippen molar-refractivity contribution >= 4 is 27.3 Å². The molecule has 0 saturated carbocycles. The zero-order valence-electron chi connectivity index (χ0n) is 17.6. The molecule has 1 fully saturated rings. The summed E-state index contributed by atoms with van der Waals surface area (Å²) in [6.45, 7) is 4.65. The summed E-state index contributed by atoms with van der Waals surface area (Å²) >= 11 is 3.64. The number of hydrogen-bond donors (Lipinski definition) is 1. The molecule has 0 aromatic heterocycles. The van der Waals surface area contributed by atoms with Crippen LogP contribution in [0.1, 0.15) is 11.1 Å². The molecule has 0 radical (unpaired) electrons. The zero-order chi connectivity index (χ0) is 21.5. The number of halogens is 1. The Morgan fingerprint density at radius 3 is 2.42 bits per heavy atom. The van der Waals surface area contributed by atoms with Gasteiger partial charge in [-0.05, 0) is 63.5 Å². The van der Waals surface area contributed by atoms with Crippen LogP contribution in [-0.2, 0) is 17.9 Å². The third-order valence-electron chi connectivity index (χ3n) is 5.26. The molecule has 3 aromatic carbocycles. The first-order valence-electron chi connectivity index (χ1n) is 10.4. The number of nitrogens with one attached hydrogen (secondary N) is 1. The first-order valence-corrected chi connectivity index (χ1v) is 11.2. The van der Waals surface area contributed by atoms with Gasteiger partial charge in [-0.1, -0.05) is 30.3 Å². The molecule has 0 amide bonds. The van der Waals surface area contributed by atoms with Gasteiger partial charge < -0.3 is 24.4 Å². The molecule has 162 valence electrons. The molecule has 1 saturated heterocycles. The van der Waals surface area contributed by atoms with Crippen LogP contribution in [0.5, 0.6) is 11.5 Å². The van der Waals surface area contributed by atoms with E-state index in [0.29, 0.717) is 24.7 Å². The average molecular weight is 483 g/mol. The van der Waals surface area contributed by atoms with Crippen molar-refractivity contribution in [1.82, 2.24) is 0 Å². The van der Waals surface area contributed by atoms with Gasteiger partial charge >= 0.3 is 0 Å². The highest BCUT2D eigenvalue weighted by molar-refractivity contribution is 9.10. The fraction of sp³-hybridized carbons (Fsp3) is 0.280. The second-order valence-corrected chi connectivity index (χ2v) is 8.24. The molecule has 0 unspecified atom stereocenters. The third kappa shape index (κ3) is 5.71. The van der Waals surface area contributed by atoms with E-state index in [1.807, 2.05) is 36.4 Å². The largest absolute Gasteiger partial charge is 0.493 e. The minimum Gasteiger partial charge on any atom is -0.493 e. The third-order valence-corrected chi connectivity index (χ3v) is 5.84. The molecule has 4 rings (SSSR count). The summed E-state index contributed by atoms with van der Waals surface area (Å²) in [5.41, 5.74) is 4.53. The van der Waals surface area contributed by atoms with E-state index in [0.717, 1.165) is 47.6 Å². The molecular weight excluding hydrogens is 456 g/mol. The minimum absolute atomic E-state index is 0.489. The van der Waals surface area contributed by atoms with Crippen LogP contribution >= 0.6 is 15.9 Å². The number of morpholine rings is 1. The van der Waals surface area contributed by atoms with E-state index in [1.165, 1.54) is 5.69 Å². The Bertz CT molecular complexity index is 974. The molecule has 1 aliphatic heterocycles. The van der Waals surface area contributed by atoms with Crippen molar-refractivity contribution < 1.29 is 14.2 Å². The Morgan fingerprint density at radius 2 is 1.71 bits per heavy atom. The number of methoxy groups -OCH3 is 1. The minimum atomic E-state index is 0.489. The standard InChI is InChI=1S/C25H27BrN2O3/c1-29-24-16-20(15-23(26)25(24)31-18-19-5-3-2-4-6-19)17-27-21-7-9-22(10-8-21)28-11-13-30-14-12-28/h2-10,15-16,27H,11-14,17-18H2,1H3. The van der Waals surface area contributed by atoms with E-state index in [1.54, 1.807) is 7.11 Å². The summed E-state index contributed by atoms with van der Waals surface area (Å²) in [6.07, 6.45) is 0. The summed E-state index contributed by atoms with van der Waals surface area (Å²) in [4.78, 5) is 2.35. The number of nitrogens with zero attached hydrogens (tertiary/aromatic N) is 1. The van der Waals surface area contributed by atoms with Crippen molar-refractivity contribution in [2.75, 3.05) is 43.6 Å². The van der Waals surface area contributed by atoms with Gasteiger partial charge in [-0.15, -0.1) is 0 Å². The van der Waals surface area contributed by atoms with E-state index >= 15 is 0 Å². The molecule has 0 atom stereocenters. The molecule has 1 N–H and O–H groups in total. The van der Waals surface area contributed by atoms with Gasteiger partial charge in [0.1, 0.15) is 6.61 Å². The normalized spacial score (nSPS) is 13.7. The average Bonchev–Trinajstić information content (AvgIpc) is 2.83. The highest BCUT2D eigenvalue weighted by Gasteiger charge is 2.13. The van der Waals surface area contributed by atoms with Gasteiger partial charge in [0.15, 0.2) is 11.5 Å². The Hall–Kier alpha value is -2.70. The van der Waals surface area contributed by atoms with Crippen LogP contribution in [0.25, 0.3) is 0 Å². The van der Waals surface area contributed by atoms with Gasteiger partial charge in [0.25, 0.3) is 0 Å². The quantitative estimate of drug-likeness (QED) is 0.460. The van der Waals surface area contributed by atoms with Gasteiger partial charge in [0.05, 0.1) is 24.8 Å². The lowest BCUT2D eigenvalue weighted by Gasteiger charge is -2.29. The lowest BCUT2D eigenvalue weighted by atomic mass is 10.2. The predicted octanol–water partition coefficient (Wildman–Crippen LogP) is 5.49. The SMILES string of the molecule is COc1cc(CNc2ccc(N3CCOCC3)cc2)cc(Br)c1OCc1ccccc1. The van der Waals surface area contributed by atoms with Crippen LogP contribution in [0.15, 0.2) is 71.2 Å². The molecule has 3 aromatic rings. The Morgan fingerprint density at radius 1 is 0.968 bits per heavy atom. The Labute approximate surface area is 192 Å². The number of anilines is 2. The van der Waals surface area contributed by atoms with Crippen LogP contribution in [0, 0.1) is 0 Å². The van der Waals surface area contributed by atoms with Gasteiger partial charge in [-0.25, -0.2) is 0 Å². The highest BCUT2D eigenvalue weighted by Crippen LogP contribution is 2.37. The van der Waals surface area contributed by atoms with E-state index in [4.69, 9.17) is 14.2 Å². The summed E-state index contributed by atoms with van der Waals surface area (Å²) in [6, 6.07) is 22.7. The first kappa shape index (κ1) is 21.5. The molecule has 31 heavy (non-hydrogen) atoms. The molecular formula is C25H27BrN2O3.